The van der Waals surface area contributed by atoms with Crippen molar-refractivity contribution in [1.82, 2.24) is 5.32 Å². The van der Waals surface area contributed by atoms with Gasteiger partial charge in [0.05, 0.1) is 6.42 Å². The van der Waals surface area contributed by atoms with Gasteiger partial charge in [-0.15, -0.1) is 0 Å². The number of Topliss-reactive ketones (excluding diaryl/α,β-unsaturated/α-hetero) is 1. The summed E-state index contributed by atoms with van der Waals surface area (Å²) in [5, 5.41) is 2.58. The van der Waals surface area contributed by atoms with Crippen molar-refractivity contribution in [2.75, 3.05) is 6.54 Å². The first kappa shape index (κ1) is 10.1. The molecule has 0 saturated carbocycles. The first-order valence-electron chi connectivity index (χ1n) is 3.99. The van der Waals surface area contributed by atoms with Crippen LogP contribution in [0.15, 0.2) is 0 Å². The Morgan fingerprint density at radius 1 is 1.27 bits per heavy atom. The van der Waals surface area contributed by atoms with Gasteiger partial charge in [-0.05, 0) is 13.3 Å². The van der Waals surface area contributed by atoms with E-state index in [0.29, 0.717) is 13.0 Å². The fourth-order valence-electron chi connectivity index (χ4n) is 0.806. The highest BCUT2D eigenvalue weighted by Gasteiger charge is 2.06. The van der Waals surface area contributed by atoms with E-state index in [4.69, 9.17) is 0 Å². The molecule has 0 unspecified atom stereocenters. The van der Waals surface area contributed by atoms with Crippen molar-refractivity contribution >= 4 is 11.7 Å². The number of nitrogens with one attached hydrogen (secondary N) is 1. The second-order valence-corrected chi connectivity index (χ2v) is 2.42. The first-order valence-corrected chi connectivity index (χ1v) is 3.99. The van der Waals surface area contributed by atoms with E-state index in [1.54, 1.807) is 0 Å². The Bertz CT molecular complexity index is 127. The Hall–Kier alpha value is -0.860. The molecule has 0 aliphatic carbocycles. The molecular weight excluding hydrogens is 142 g/mol. The predicted octanol–water partition coefficient (Wildman–Crippen LogP) is 0.882. The second kappa shape index (κ2) is 5.89. The van der Waals surface area contributed by atoms with E-state index in [1.165, 1.54) is 0 Å². The Labute approximate surface area is 67.2 Å². The van der Waals surface area contributed by atoms with Crippen LogP contribution < -0.4 is 5.32 Å². The summed E-state index contributed by atoms with van der Waals surface area (Å²) >= 11 is 0. The molecule has 1 N–H and O–H groups in total. The lowest BCUT2D eigenvalue weighted by Crippen LogP contribution is -2.25. The Morgan fingerprint density at radius 2 is 1.91 bits per heavy atom. The van der Waals surface area contributed by atoms with Gasteiger partial charge in [-0.1, -0.05) is 6.92 Å². The van der Waals surface area contributed by atoms with E-state index in [9.17, 15) is 9.59 Å². The van der Waals surface area contributed by atoms with E-state index in [0.717, 1.165) is 6.42 Å². The molecular formula is C8H15NO2. The molecule has 0 aliphatic rings. The average Bonchev–Trinajstić information content (AvgIpc) is 1.87. The van der Waals surface area contributed by atoms with Crippen LogP contribution in [-0.2, 0) is 9.59 Å². The Morgan fingerprint density at radius 3 is 2.36 bits per heavy atom. The summed E-state index contributed by atoms with van der Waals surface area (Å²) in [4.78, 5) is 21.7. The van der Waals surface area contributed by atoms with E-state index >= 15 is 0 Å². The molecule has 3 heteroatoms. The summed E-state index contributed by atoms with van der Waals surface area (Å²) in [6.45, 7) is 4.36. The largest absolute Gasteiger partial charge is 0.356 e. The van der Waals surface area contributed by atoms with Gasteiger partial charge < -0.3 is 5.32 Å². The monoisotopic (exact) mass is 157 g/mol. The molecule has 0 aliphatic heterocycles. The number of ketones is 1. The fraction of sp³-hybridized carbons (Fsp3) is 0.750. The van der Waals surface area contributed by atoms with Gasteiger partial charge in [0.25, 0.3) is 0 Å². The molecule has 64 valence electrons. The molecule has 0 rings (SSSR count). The third-order valence-electron chi connectivity index (χ3n) is 1.26. The van der Waals surface area contributed by atoms with Gasteiger partial charge in [0, 0.05) is 13.0 Å². The third kappa shape index (κ3) is 5.58. The maximum absolute atomic E-state index is 10.9. The van der Waals surface area contributed by atoms with Crippen LogP contribution in [0.1, 0.15) is 33.1 Å². The minimum atomic E-state index is -0.161. The second-order valence-electron chi connectivity index (χ2n) is 2.42. The molecule has 1 amide bonds. The summed E-state index contributed by atoms with van der Waals surface area (Å²) in [5.74, 6) is -0.135. The fourth-order valence-corrected chi connectivity index (χ4v) is 0.806. The van der Waals surface area contributed by atoms with Crippen molar-refractivity contribution in [3.05, 3.63) is 0 Å². The maximum Gasteiger partial charge on any atom is 0.227 e. The van der Waals surface area contributed by atoms with E-state index in [1.807, 2.05) is 13.8 Å². The maximum atomic E-state index is 10.9. The van der Waals surface area contributed by atoms with Gasteiger partial charge in [0.1, 0.15) is 5.78 Å². The molecule has 0 atom stereocenters. The Balaban J connectivity index is 3.49. The molecule has 0 fully saturated rings. The van der Waals surface area contributed by atoms with E-state index in [2.05, 4.69) is 5.32 Å². The van der Waals surface area contributed by atoms with Crippen LogP contribution in [0.25, 0.3) is 0 Å². The lowest BCUT2D eigenvalue weighted by Gasteiger charge is -1.99. The van der Waals surface area contributed by atoms with Crippen LogP contribution in [-0.4, -0.2) is 18.2 Å². The zero-order chi connectivity index (χ0) is 8.69. The molecule has 0 saturated heterocycles. The summed E-state index contributed by atoms with van der Waals surface area (Å²) in [6, 6.07) is 0. The van der Waals surface area contributed by atoms with Gasteiger partial charge in [-0.25, -0.2) is 0 Å². The highest BCUT2D eigenvalue weighted by atomic mass is 16.2. The van der Waals surface area contributed by atoms with Crippen molar-refractivity contribution in [1.29, 1.82) is 0 Å². The Kier molecular flexibility index (Phi) is 5.43. The molecule has 0 radical (unpaired) electrons. The normalized spacial score (nSPS) is 9.27. The van der Waals surface area contributed by atoms with Gasteiger partial charge in [0.2, 0.25) is 5.91 Å². The van der Waals surface area contributed by atoms with Gasteiger partial charge in [0.15, 0.2) is 0 Å². The number of rotatable bonds is 5. The lowest BCUT2D eigenvalue weighted by atomic mass is 10.2. The van der Waals surface area contributed by atoms with Crippen molar-refractivity contribution in [3.63, 3.8) is 0 Å². The molecule has 0 bridgehead atoms. The van der Waals surface area contributed by atoms with Crippen LogP contribution >= 0.6 is 0 Å². The molecule has 3 nitrogen and oxygen atoms in total. The number of carbonyl (C=O) groups excluding carboxylic acids is 2. The van der Waals surface area contributed by atoms with Crippen LogP contribution in [0.3, 0.4) is 0 Å². The quantitative estimate of drug-likeness (QED) is 0.602. The van der Waals surface area contributed by atoms with Crippen LogP contribution in [0.2, 0.25) is 0 Å². The zero-order valence-electron chi connectivity index (χ0n) is 7.14. The topological polar surface area (TPSA) is 46.2 Å². The predicted molar refractivity (Wildman–Crippen MR) is 43.2 cm³/mol. The van der Waals surface area contributed by atoms with Gasteiger partial charge in [-0.3, -0.25) is 9.59 Å². The third-order valence-corrected chi connectivity index (χ3v) is 1.26. The number of hydrogen-bond acceptors (Lipinski definition) is 2. The molecule has 0 spiro atoms. The lowest BCUT2D eigenvalue weighted by molar-refractivity contribution is -0.128. The number of hydrogen-bond donors (Lipinski definition) is 1. The minimum absolute atomic E-state index is 0.0263. The van der Waals surface area contributed by atoms with Gasteiger partial charge in [-0.2, -0.15) is 0 Å². The summed E-state index contributed by atoms with van der Waals surface area (Å²) in [7, 11) is 0. The van der Waals surface area contributed by atoms with Crippen LogP contribution in [0.5, 0.6) is 0 Å². The summed E-state index contributed by atoms with van der Waals surface area (Å²) in [6.07, 6.45) is 1.37. The van der Waals surface area contributed by atoms with Crippen LogP contribution in [0.4, 0.5) is 0 Å². The van der Waals surface area contributed by atoms with Crippen molar-refractivity contribution in [3.8, 4) is 0 Å². The summed E-state index contributed by atoms with van der Waals surface area (Å²) in [5.41, 5.74) is 0. The first-order chi connectivity index (χ1) is 5.20. The van der Waals surface area contributed by atoms with E-state index in [-0.39, 0.29) is 18.1 Å². The minimum Gasteiger partial charge on any atom is -0.356 e. The van der Waals surface area contributed by atoms with E-state index < -0.39 is 0 Å². The van der Waals surface area contributed by atoms with Crippen molar-refractivity contribution in [2.45, 2.75) is 33.1 Å². The highest BCUT2D eigenvalue weighted by molar-refractivity contribution is 5.97. The number of carbonyl (C=O) groups is 2. The highest BCUT2D eigenvalue weighted by Crippen LogP contribution is 1.93. The zero-order valence-corrected chi connectivity index (χ0v) is 7.14. The van der Waals surface area contributed by atoms with Crippen molar-refractivity contribution < 1.29 is 9.59 Å². The standard InChI is InChI=1S/C8H15NO2/c1-3-5-7(10)6-8(11)9-4-2/h3-6H2,1-2H3,(H,9,11). The van der Waals surface area contributed by atoms with Crippen molar-refractivity contribution in [2.24, 2.45) is 0 Å². The van der Waals surface area contributed by atoms with Gasteiger partial charge >= 0.3 is 0 Å². The SMILES string of the molecule is CCCC(=O)CC(=O)NCC. The number of amides is 1. The average molecular weight is 157 g/mol. The molecule has 0 aromatic rings. The smallest absolute Gasteiger partial charge is 0.227 e. The molecule has 0 heterocycles. The van der Waals surface area contributed by atoms with Crippen LogP contribution in [0, 0.1) is 0 Å². The summed E-state index contributed by atoms with van der Waals surface area (Å²) < 4.78 is 0. The molecule has 0 aromatic carbocycles. The molecule has 11 heavy (non-hydrogen) atoms. The molecule has 0 aromatic heterocycles.